The number of benzene rings is 1. The third kappa shape index (κ3) is 1.91. The molecule has 0 spiro atoms. The third-order valence-corrected chi connectivity index (χ3v) is 3.97. The van der Waals surface area contributed by atoms with Gasteiger partial charge in [-0.3, -0.25) is 9.89 Å². The number of nitrogens with zero attached hydrogens (tertiary/aromatic N) is 2. The quantitative estimate of drug-likeness (QED) is 0.759. The van der Waals surface area contributed by atoms with Gasteiger partial charge in [-0.2, -0.15) is 0 Å². The minimum absolute atomic E-state index is 0.586. The Labute approximate surface area is 103 Å². The van der Waals surface area contributed by atoms with Gasteiger partial charge in [-0.25, -0.2) is 0 Å². The van der Waals surface area contributed by atoms with Crippen molar-refractivity contribution in [1.82, 2.24) is 4.90 Å². The van der Waals surface area contributed by atoms with Gasteiger partial charge in [-0.15, -0.1) is 0 Å². The molecule has 0 bridgehead atoms. The second-order valence-corrected chi connectivity index (χ2v) is 5.40. The van der Waals surface area contributed by atoms with Crippen LogP contribution in [0.2, 0.25) is 0 Å². The SMILES string of the molecule is CC(C)N1CCCC1C1=Nc2ccccc2C1. The van der Waals surface area contributed by atoms with Gasteiger partial charge < -0.3 is 0 Å². The molecule has 2 aliphatic heterocycles. The van der Waals surface area contributed by atoms with Gasteiger partial charge >= 0.3 is 0 Å². The maximum absolute atomic E-state index is 4.84. The van der Waals surface area contributed by atoms with Gasteiger partial charge in [0, 0.05) is 24.2 Å². The molecule has 0 N–H and O–H groups in total. The highest BCUT2D eigenvalue weighted by molar-refractivity contribution is 5.97. The highest BCUT2D eigenvalue weighted by Crippen LogP contribution is 2.31. The van der Waals surface area contributed by atoms with Crippen molar-refractivity contribution in [3.8, 4) is 0 Å². The van der Waals surface area contributed by atoms with Crippen molar-refractivity contribution in [2.24, 2.45) is 4.99 Å². The van der Waals surface area contributed by atoms with E-state index in [4.69, 9.17) is 4.99 Å². The second kappa shape index (κ2) is 4.26. The molecule has 0 aliphatic carbocycles. The van der Waals surface area contributed by atoms with Gasteiger partial charge in [0.2, 0.25) is 0 Å². The minimum Gasteiger partial charge on any atom is -0.293 e. The van der Waals surface area contributed by atoms with Crippen molar-refractivity contribution in [3.05, 3.63) is 29.8 Å². The Kier molecular flexibility index (Phi) is 2.75. The Hall–Kier alpha value is -1.15. The predicted molar refractivity (Wildman–Crippen MR) is 72.1 cm³/mol. The van der Waals surface area contributed by atoms with Crippen LogP contribution in [0.5, 0.6) is 0 Å². The molecule has 2 aliphatic rings. The van der Waals surface area contributed by atoms with E-state index in [9.17, 15) is 0 Å². The van der Waals surface area contributed by atoms with Crippen LogP contribution in [-0.2, 0) is 6.42 Å². The zero-order valence-electron chi connectivity index (χ0n) is 10.7. The first kappa shape index (κ1) is 11.0. The first-order valence-electron chi connectivity index (χ1n) is 6.67. The minimum atomic E-state index is 0.586. The molecule has 1 aromatic rings. The zero-order valence-corrected chi connectivity index (χ0v) is 10.7. The molecule has 2 heterocycles. The van der Waals surface area contributed by atoms with Gasteiger partial charge in [-0.1, -0.05) is 18.2 Å². The summed E-state index contributed by atoms with van der Waals surface area (Å²) in [6, 6.07) is 9.76. The van der Waals surface area contributed by atoms with E-state index in [0.717, 1.165) is 6.42 Å². The van der Waals surface area contributed by atoms with Crippen LogP contribution in [0.25, 0.3) is 0 Å². The number of hydrogen-bond acceptors (Lipinski definition) is 2. The number of likely N-dealkylation sites (tertiary alicyclic amines) is 1. The van der Waals surface area contributed by atoms with E-state index < -0.39 is 0 Å². The summed E-state index contributed by atoms with van der Waals surface area (Å²) in [5, 5.41) is 0. The largest absolute Gasteiger partial charge is 0.293 e. The van der Waals surface area contributed by atoms with Crippen molar-refractivity contribution in [1.29, 1.82) is 0 Å². The predicted octanol–water partition coefficient (Wildman–Crippen LogP) is 3.19. The summed E-state index contributed by atoms with van der Waals surface area (Å²) < 4.78 is 0. The summed E-state index contributed by atoms with van der Waals surface area (Å²) in [6.07, 6.45) is 3.66. The molecule has 3 rings (SSSR count). The summed E-state index contributed by atoms with van der Waals surface area (Å²) in [6.45, 7) is 5.82. The maximum Gasteiger partial charge on any atom is 0.0665 e. The van der Waals surface area contributed by atoms with E-state index in [1.807, 2.05) is 0 Å². The summed E-state index contributed by atoms with van der Waals surface area (Å²) >= 11 is 0. The molecule has 1 aromatic carbocycles. The molecule has 0 aromatic heterocycles. The summed E-state index contributed by atoms with van der Waals surface area (Å²) in [5.74, 6) is 0. The first-order chi connectivity index (χ1) is 8.25. The molecule has 0 saturated carbocycles. The lowest BCUT2D eigenvalue weighted by molar-refractivity contribution is 0.244. The smallest absolute Gasteiger partial charge is 0.0665 e. The van der Waals surface area contributed by atoms with E-state index in [0.29, 0.717) is 12.1 Å². The molecule has 2 nitrogen and oxygen atoms in total. The lowest BCUT2D eigenvalue weighted by atomic mass is 10.0. The Morgan fingerprint density at radius 1 is 1.29 bits per heavy atom. The first-order valence-corrected chi connectivity index (χ1v) is 6.67. The zero-order chi connectivity index (χ0) is 11.8. The van der Waals surface area contributed by atoms with Crippen LogP contribution in [0.1, 0.15) is 32.3 Å². The highest BCUT2D eigenvalue weighted by Gasteiger charge is 2.32. The number of aliphatic imine (C=N–C) groups is 1. The van der Waals surface area contributed by atoms with Crippen molar-refractivity contribution in [2.75, 3.05) is 6.54 Å². The van der Waals surface area contributed by atoms with E-state index in [2.05, 4.69) is 43.0 Å². The Balaban J connectivity index is 1.84. The molecular formula is C15H20N2. The standard InChI is InChI=1S/C15H20N2/c1-11(2)17-9-5-8-15(17)14-10-12-6-3-4-7-13(12)16-14/h3-4,6-7,11,15H,5,8-10H2,1-2H3. The molecule has 90 valence electrons. The second-order valence-electron chi connectivity index (χ2n) is 5.40. The summed E-state index contributed by atoms with van der Waals surface area (Å²) in [5.41, 5.74) is 3.98. The van der Waals surface area contributed by atoms with Gasteiger partial charge in [0.25, 0.3) is 0 Å². The van der Waals surface area contributed by atoms with Crippen LogP contribution >= 0.6 is 0 Å². The molecule has 17 heavy (non-hydrogen) atoms. The molecule has 1 fully saturated rings. The number of para-hydroxylation sites is 1. The van der Waals surface area contributed by atoms with E-state index in [1.54, 1.807) is 0 Å². The van der Waals surface area contributed by atoms with Crippen LogP contribution in [0.3, 0.4) is 0 Å². The normalized spacial score (nSPS) is 24.2. The lowest BCUT2D eigenvalue weighted by Gasteiger charge is -2.28. The number of fused-ring (bicyclic) bond motifs is 1. The number of hydrogen-bond donors (Lipinski definition) is 0. The summed E-state index contributed by atoms with van der Waals surface area (Å²) in [7, 11) is 0. The third-order valence-electron chi connectivity index (χ3n) is 3.97. The van der Waals surface area contributed by atoms with Gasteiger partial charge in [-0.05, 0) is 44.9 Å². The molecular weight excluding hydrogens is 208 g/mol. The monoisotopic (exact) mass is 228 g/mol. The molecule has 1 unspecified atom stereocenters. The molecule has 1 atom stereocenters. The fraction of sp³-hybridized carbons (Fsp3) is 0.533. The topological polar surface area (TPSA) is 15.6 Å². The molecule has 1 saturated heterocycles. The van der Waals surface area contributed by atoms with Crippen LogP contribution in [0, 0.1) is 0 Å². The Bertz CT molecular complexity index is 448. The summed E-state index contributed by atoms with van der Waals surface area (Å²) in [4.78, 5) is 7.44. The fourth-order valence-electron chi connectivity index (χ4n) is 3.12. The van der Waals surface area contributed by atoms with Crippen molar-refractivity contribution < 1.29 is 0 Å². The average Bonchev–Trinajstić information content (AvgIpc) is 2.95. The molecule has 0 radical (unpaired) electrons. The van der Waals surface area contributed by atoms with Gasteiger partial charge in [0.1, 0.15) is 0 Å². The van der Waals surface area contributed by atoms with Crippen LogP contribution in [0.15, 0.2) is 29.3 Å². The Morgan fingerprint density at radius 3 is 2.88 bits per heavy atom. The Morgan fingerprint density at radius 2 is 2.12 bits per heavy atom. The van der Waals surface area contributed by atoms with Gasteiger partial charge in [0.05, 0.1) is 5.69 Å². The van der Waals surface area contributed by atoms with Crippen molar-refractivity contribution >= 4 is 11.4 Å². The molecule has 0 amide bonds. The maximum atomic E-state index is 4.84. The van der Waals surface area contributed by atoms with Crippen molar-refractivity contribution in [2.45, 2.75) is 45.2 Å². The highest BCUT2D eigenvalue weighted by atomic mass is 15.2. The number of rotatable bonds is 2. The van der Waals surface area contributed by atoms with E-state index in [-0.39, 0.29) is 0 Å². The van der Waals surface area contributed by atoms with Crippen LogP contribution in [0.4, 0.5) is 5.69 Å². The fourth-order valence-corrected chi connectivity index (χ4v) is 3.12. The van der Waals surface area contributed by atoms with Crippen molar-refractivity contribution in [3.63, 3.8) is 0 Å². The molecule has 2 heteroatoms. The van der Waals surface area contributed by atoms with Gasteiger partial charge in [0.15, 0.2) is 0 Å². The van der Waals surface area contributed by atoms with E-state index >= 15 is 0 Å². The lowest BCUT2D eigenvalue weighted by Crippen LogP contribution is -2.40. The van der Waals surface area contributed by atoms with E-state index in [1.165, 1.54) is 36.3 Å². The van der Waals surface area contributed by atoms with Crippen LogP contribution in [-0.4, -0.2) is 29.2 Å². The average molecular weight is 228 g/mol. The van der Waals surface area contributed by atoms with Crippen LogP contribution < -0.4 is 0 Å².